The van der Waals surface area contributed by atoms with Gasteiger partial charge in [0, 0.05) is 12.0 Å². The van der Waals surface area contributed by atoms with E-state index in [1.165, 1.54) is 17.2 Å². The normalized spacial score (nSPS) is 17.3. The molecule has 1 nitrogen and oxygen atoms in total. The van der Waals surface area contributed by atoms with E-state index < -0.39 is 11.6 Å². The Morgan fingerprint density at radius 1 is 1.10 bits per heavy atom. The number of carbonyl (C=O) groups is 1. The molecule has 0 aliphatic heterocycles. The number of fused-ring (bicyclic) bond motifs is 1. The number of halogens is 2. The fourth-order valence-electron chi connectivity index (χ4n) is 3.08. The SMILES string of the molecule is O=C(CC1CCCc2ccccc21)c1ccc(F)c(F)c1. The zero-order valence-corrected chi connectivity index (χ0v) is 11.6. The smallest absolute Gasteiger partial charge is 0.163 e. The Kier molecular flexibility index (Phi) is 3.82. The summed E-state index contributed by atoms with van der Waals surface area (Å²) in [6, 6.07) is 11.5. The zero-order valence-electron chi connectivity index (χ0n) is 11.6. The monoisotopic (exact) mass is 286 g/mol. The summed E-state index contributed by atoms with van der Waals surface area (Å²) < 4.78 is 26.2. The predicted molar refractivity (Wildman–Crippen MR) is 77.4 cm³/mol. The van der Waals surface area contributed by atoms with Crippen molar-refractivity contribution in [1.82, 2.24) is 0 Å². The summed E-state index contributed by atoms with van der Waals surface area (Å²) in [6.45, 7) is 0. The molecular weight excluding hydrogens is 270 g/mol. The molecule has 3 rings (SSSR count). The lowest BCUT2D eigenvalue weighted by molar-refractivity contribution is 0.0970. The highest BCUT2D eigenvalue weighted by Crippen LogP contribution is 2.34. The molecule has 2 aromatic carbocycles. The first-order chi connectivity index (χ1) is 10.1. The van der Waals surface area contributed by atoms with E-state index in [4.69, 9.17) is 0 Å². The molecule has 21 heavy (non-hydrogen) atoms. The van der Waals surface area contributed by atoms with Gasteiger partial charge in [0.05, 0.1) is 0 Å². The third-order valence-electron chi connectivity index (χ3n) is 4.17. The molecule has 2 aromatic rings. The Bertz CT molecular complexity index is 679. The van der Waals surface area contributed by atoms with Gasteiger partial charge in [0.25, 0.3) is 0 Å². The fraction of sp³-hybridized carbons (Fsp3) is 0.278. The Balaban J connectivity index is 1.81. The highest BCUT2D eigenvalue weighted by atomic mass is 19.2. The van der Waals surface area contributed by atoms with Crippen LogP contribution < -0.4 is 0 Å². The number of hydrogen-bond acceptors (Lipinski definition) is 1. The van der Waals surface area contributed by atoms with Crippen molar-refractivity contribution in [2.45, 2.75) is 31.6 Å². The molecule has 0 spiro atoms. The molecule has 0 aromatic heterocycles. The molecule has 3 heteroatoms. The van der Waals surface area contributed by atoms with Gasteiger partial charge in [-0.2, -0.15) is 0 Å². The lowest BCUT2D eigenvalue weighted by Crippen LogP contribution is -2.14. The van der Waals surface area contributed by atoms with Crippen LogP contribution in [0.15, 0.2) is 42.5 Å². The second kappa shape index (κ2) is 5.76. The quantitative estimate of drug-likeness (QED) is 0.750. The van der Waals surface area contributed by atoms with Crippen molar-refractivity contribution in [3.05, 3.63) is 70.8 Å². The zero-order chi connectivity index (χ0) is 14.8. The van der Waals surface area contributed by atoms with Gasteiger partial charge in [-0.1, -0.05) is 24.3 Å². The molecule has 0 saturated carbocycles. The van der Waals surface area contributed by atoms with Gasteiger partial charge >= 0.3 is 0 Å². The lowest BCUT2D eigenvalue weighted by Gasteiger charge is -2.25. The Morgan fingerprint density at radius 2 is 1.90 bits per heavy atom. The molecule has 0 radical (unpaired) electrons. The largest absolute Gasteiger partial charge is 0.294 e. The predicted octanol–water partition coefficient (Wildman–Crippen LogP) is 4.66. The summed E-state index contributed by atoms with van der Waals surface area (Å²) in [5.41, 5.74) is 2.77. The number of benzene rings is 2. The van der Waals surface area contributed by atoms with Gasteiger partial charge in [-0.25, -0.2) is 8.78 Å². The maximum absolute atomic E-state index is 13.2. The van der Waals surface area contributed by atoms with Crippen LogP contribution in [0.4, 0.5) is 8.78 Å². The summed E-state index contributed by atoms with van der Waals surface area (Å²) in [4.78, 5) is 12.3. The van der Waals surface area contributed by atoms with Crippen LogP contribution in [0.1, 0.15) is 46.7 Å². The van der Waals surface area contributed by atoms with E-state index in [2.05, 4.69) is 12.1 Å². The Hall–Kier alpha value is -2.03. The maximum Gasteiger partial charge on any atom is 0.163 e. The number of ketones is 1. The van der Waals surface area contributed by atoms with Crippen LogP contribution >= 0.6 is 0 Å². The molecule has 1 unspecified atom stereocenters. The highest BCUT2D eigenvalue weighted by Gasteiger charge is 2.23. The van der Waals surface area contributed by atoms with E-state index in [0.717, 1.165) is 31.4 Å². The molecule has 108 valence electrons. The van der Waals surface area contributed by atoms with Gasteiger partial charge < -0.3 is 0 Å². The second-order valence-electron chi connectivity index (χ2n) is 5.54. The topological polar surface area (TPSA) is 17.1 Å². The van der Waals surface area contributed by atoms with E-state index in [9.17, 15) is 13.6 Å². The van der Waals surface area contributed by atoms with Crippen LogP contribution in [-0.4, -0.2) is 5.78 Å². The van der Waals surface area contributed by atoms with Crippen LogP contribution in [0.3, 0.4) is 0 Å². The minimum Gasteiger partial charge on any atom is -0.294 e. The summed E-state index contributed by atoms with van der Waals surface area (Å²) in [5.74, 6) is -1.84. The van der Waals surface area contributed by atoms with Gasteiger partial charge in [0.2, 0.25) is 0 Å². The molecule has 1 aliphatic carbocycles. The average Bonchev–Trinajstić information content (AvgIpc) is 2.50. The maximum atomic E-state index is 13.2. The van der Waals surface area contributed by atoms with E-state index in [0.29, 0.717) is 6.42 Å². The summed E-state index contributed by atoms with van der Waals surface area (Å²) >= 11 is 0. The molecule has 0 saturated heterocycles. The summed E-state index contributed by atoms with van der Waals surface area (Å²) in [6.07, 6.45) is 3.42. The average molecular weight is 286 g/mol. The molecule has 1 aliphatic rings. The number of carbonyl (C=O) groups excluding carboxylic acids is 1. The van der Waals surface area contributed by atoms with Gasteiger partial charge in [-0.05, 0) is 54.5 Å². The summed E-state index contributed by atoms with van der Waals surface area (Å²) in [5, 5.41) is 0. The number of aryl methyl sites for hydroxylation is 1. The molecule has 1 atom stereocenters. The van der Waals surface area contributed by atoms with Crippen molar-refractivity contribution in [2.75, 3.05) is 0 Å². The van der Waals surface area contributed by atoms with Crippen LogP contribution in [-0.2, 0) is 6.42 Å². The molecule has 0 N–H and O–H groups in total. The van der Waals surface area contributed by atoms with Crippen molar-refractivity contribution in [3.63, 3.8) is 0 Å². The second-order valence-corrected chi connectivity index (χ2v) is 5.54. The van der Waals surface area contributed by atoms with Crippen molar-refractivity contribution < 1.29 is 13.6 Å². The first kappa shape index (κ1) is 13.9. The van der Waals surface area contributed by atoms with Crippen LogP contribution in [0.25, 0.3) is 0 Å². The third-order valence-corrected chi connectivity index (χ3v) is 4.17. The third kappa shape index (κ3) is 2.87. The number of Topliss-reactive ketones (excluding diaryl/α,β-unsaturated/α-hetero) is 1. The van der Waals surface area contributed by atoms with E-state index in [-0.39, 0.29) is 17.3 Å². The minimum atomic E-state index is -0.968. The van der Waals surface area contributed by atoms with Crippen molar-refractivity contribution in [1.29, 1.82) is 0 Å². The van der Waals surface area contributed by atoms with Gasteiger partial charge in [-0.3, -0.25) is 4.79 Å². The first-order valence-electron chi connectivity index (χ1n) is 7.21. The molecule has 0 heterocycles. The van der Waals surface area contributed by atoms with Crippen molar-refractivity contribution in [3.8, 4) is 0 Å². The van der Waals surface area contributed by atoms with Gasteiger partial charge in [0.15, 0.2) is 17.4 Å². The Labute approximate surface area is 122 Å². The van der Waals surface area contributed by atoms with Gasteiger partial charge in [0.1, 0.15) is 0 Å². The van der Waals surface area contributed by atoms with Crippen LogP contribution in [0.5, 0.6) is 0 Å². The summed E-state index contributed by atoms with van der Waals surface area (Å²) in [7, 11) is 0. The number of rotatable bonds is 3. The Morgan fingerprint density at radius 3 is 2.71 bits per heavy atom. The van der Waals surface area contributed by atoms with E-state index in [1.807, 2.05) is 12.1 Å². The van der Waals surface area contributed by atoms with Crippen molar-refractivity contribution >= 4 is 5.78 Å². The van der Waals surface area contributed by atoms with E-state index in [1.54, 1.807) is 0 Å². The molecule has 0 amide bonds. The highest BCUT2D eigenvalue weighted by molar-refractivity contribution is 5.96. The van der Waals surface area contributed by atoms with Gasteiger partial charge in [-0.15, -0.1) is 0 Å². The minimum absolute atomic E-state index is 0.129. The first-order valence-corrected chi connectivity index (χ1v) is 7.21. The fourth-order valence-corrected chi connectivity index (χ4v) is 3.08. The molecule has 0 fully saturated rings. The standard InChI is InChI=1S/C18H16F2O/c19-16-9-8-14(10-17(16)20)18(21)11-13-6-3-5-12-4-1-2-7-15(12)13/h1-2,4,7-10,13H,3,5-6,11H2. The lowest BCUT2D eigenvalue weighted by atomic mass is 9.79. The van der Waals surface area contributed by atoms with Crippen LogP contribution in [0.2, 0.25) is 0 Å². The molecule has 0 bridgehead atoms. The van der Waals surface area contributed by atoms with E-state index >= 15 is 0 Å². The number of hydrogen-bond donors (Lipinski definition) is 0. The van der Waals surface area contributed by atoms with Crippen molar-refractivity contribution in [2.24, 2.45) is 0 Å². The molecular formula is C18H16F2O. The van der Waals surface area contributed by atoms with Crippen LogP contribution in [0, 0.1) is 11.6 Å².